The average molecular weight is 249 g/mol. The molecule has 1 unspecified atom stereocenters. The molecule has 0 saturated carbocycles. The molecule has 0 saturated heterocycles. The molecule has 1 amide bonds. The molecule has 4 nitrogen and oxygen atoms in total. The molecule has 0 aliphatic heterocycles. The van der Waals surface area contributed by atoms with Gasteiger partial charge in [0.05, 0.1) is 5.56 Å². The minimum Gasteiger partial charge on any atom is -0.399 e. The highest BCUT2D eigenvalue weighted by atomic mass is 16.1. The average Bonchev–Trinajstić information content (AvgIpc) is 2.27. The molecule has 4 heteroatoms. The van der Waals surface area contributed by atoms with Crippen molar-refractivity contribution in [1.82, 2.24) is 5.32 Å². The first kappa shape index (κ1) is 14.4. The molecule has 0 bridgehead atoms. The quantitative estimate of drug-likeness (QED) is 0.721. The van der Waals surface area contributed by atoms with Gasteiger partial charge in [0.15, 0.2) is 0 Å². The van der Waals surface area contributed by atoms with Crippen LogP contribution >= 0.6 is 0 Å². The van der Waals surface area contributed by atoms with E-state index in [9.17, 15) is 4.79 Å². The zero-order valence-electron chi connectivity index (χ0n) is 11.8. The number of nitrogen functional groups attached to an aromatic ring is 1. The fourth-order valence-electron chi connectivity index (χ4n) is 1.46. The van der Waals surface area contributed by atoms with Crippen LogP contribution in [0.5, 0.6) is 0 Å². The Labute approximate surface area is 109 Å². The molecule has 100 valence electrons. The molecule has 0 radical (unpaired) electrons. The Morgan fingerprint density at radius 2 is 1.94 bits per heavy atom. The summed E-state index contributed by atoms with van der Waals surface area (Å²) in [4.78, 5) is 11.8. The SMILES string of the molecule is CNC(=O)c1ccc(N)cc1NC(C)C(C)(C)C. The van der Waals surface area contributed by atoms with Gasteiger partial charge in [-0.05, 0) is 30.5 Å². The van der Waals surface area contributed by atoms with Crippen molar-refractivity contribution in [3.05, 3.63) is 23.8 Å². The van der Waals surface area contributed by atoms with E-state index in [1.165, 1.54) is 0 Å². The number of nitrogens with two attached hydrogens (primary N) is 1. The van der Waals surface area contributed by atoms with Gasteiger partial charge in [0.2, 0.25) is 0 Å². The van der Waals surface area contributed by atoms with Crippen LogP contribution in [0.3, 0.4) is 0 Å². The Bertz CT molecular complexity index is 435. The van der Waals surface area contributed by atoms with Crippen molar-refractivity contribution in [2.45, 2.75) is 33.7 Å². The van der Waals surface area contributed by atoms with E-state index in [2.05, 4.69) is 38.3 Å². The Kier molecular flexibility index (Phi) is 4.22. The van der Waals surface area contributed by atoms with Gasteiger partial charge in [-0.2, -0.15) is 0 Å². The van der Waals surface area contributed by atoms with Crippen LogP contribution in [-0.2, 0) is 0 Å². The van der Waals surface area contributed by atoms with Crippen LogP contribution in [-0.4, -0.2) is 19.0 Å². The number of anilines is 2. The number of nitrogens with one attached hydrogen (secondary N) is 2. The molecule has 0 heterocycles. The lowest BCUT2D eigenvalue weighted by Crippen LogP contribution is -2.32. The van der Waals surface area contributed by atoms with Crippen molar-refractivity contribution < 1.29 is 4.79 Å². The van der Waals surface area contributed by atoms with Crippen molar-refractivity contribution in [2.24, 2.45) is 5.41 Å². The normalized spacial score (nSPS) is 12.9. The molecule has 1 aromatic rings. The molecule has 0 spiro atoms. The summed E-state index contributed by atoms with van der Waals surface area (Å²) < 4.78 is 0. The van der Waals surface area contributed by atoms with Gasteiger partial charge in [-0.1, -0.05) is 20.8 Å². The van der Waals surface area contributed by atoms with E-state index < -0.39 is 0 Å². The van der Waals surface area contributed by atoms with Gasteiger partial charge in [-0.25, -0.2) is 0 Å². The third-order valence-corrected chi connectivity index (χ3v) is 3.19. The Hall–Kier alpha value is -1.71. The molecular weight excluding hydrogens is 226 g/mol. The van der Waals surface area contributed by atoms with E-state index in [1.54, 1.807) is 25.2 Å². The molecular formula is C14H23N3O. The number of hydrogen-bond donors (Lipinski definition) is 3. The molecule has 0 aromatic heterocycles. The third kappa shape index (κ3) is 3.39. The molecule has 0 aliphatic rings. The van der Waals surface area contributed by atoms with Crippen molar-refractivity contribution in [3.63, 3.8) is 0 Å². The van der Waals surface area contributed by atoms with E-state index in [-0.39, 0.29) is 17.4 Å². The summed E-state index contributed by atoms with van der Waals surface area (Å²) in [5.74, 6) is -0.112. The first-order valence-electron chi connectivity index (χ1n) is 6.14. The smallest absolute Gasteiger partial charge is 0.253 e. The van der Waals surface area contributed by atoms with Crippen molar-refractivity contribution in [3.8, 4) is 0 Å². The Morgan fingerprint density at radius 3 is 2.44 bits per heavy atom. The van der Waals surface area contributed by atoms with Crippen LogP contribution in [0.25, 0.3) is 0 Å². The molecule has 4 N–H and O–H groups in total. The van der Waals surface area contributed by atoms with Gasteiger partial charge < -0.3 is 16.4 Å². The second-order valence-electron chi connectivity index (χ2n) is 5.62. The lowest BCUT2D eigenvalue weighted by atomic mass is 9.87. The summed E-state index contributed by atoms with van der Waals surface area (Å²) in [6.07, 6.45) is 0. The van der Waals surface area contributed by atoms with Crippen LogP contribution in [0.1, 0.15) is 38.1 Å². The number of rotatable bonds is 3. The van der Waals surface area contributed by atoms with E-state index >= 15 is 0 Å². The van der Waals surface area contributed by atoms with E-state index in [0.29, 0.717) is 11.3 Å². The topological polar surface area (TPSA) is 67.2 Å². The predicted molar refractivity (Wildman–Crippen MR) is 76.8 cm³/mol. The van der Waals surface area contributed by atoms with Crippen LogP contribution in [0.2, 0.25) is 0 Å². The van der Waals surface area contributed by atoms with E-state index in [1.807, 2.05) is 0 Å². The highest BCUT2D eigenvalue weighted by molar-refractivity contribution is 6.00. The first-order chi connectivity index (χ1) is 8.25. The van der Waals surface area contributed by atoms with Crippen LogP contribution in [0, 0.1) is 5.41 Å². The molecule has 18 heavy (non-hydrogen) atoms. The maximum Gasteiger partial charge on any atom is 0.253 e. The van der Waals surface area contributed by atoms with E-state index in [0.717, 1.165) is 5.69 Å². The van der Waals surface area contributed by atoms with Gasteiger partial charge in [-0.3, -0.25) is 4.79 Å². The number of carbonyl (C=O) groups excluding carboxylic acids is 1. The lowest BCUT2D eigenvalue weighted by molar-refractivity contribution is 0.0964. The molecule has 1 rings (SSSR count). The lowest BCUT2D eigenvalue weighted by Gasteiger charge is -2.29. The van der Waals surface area contributed by atoms with Crippen molar-refractivity contribution >= 4 is 17.3 Å². The molecule has 1 aromatic carbocycles. The maximum absolute atomic E-state index is 11.8. The highest BCUT2D eigenvalue weighted by Crippen LogP contribution is 2.26. The Balaban J connectivity index is 3.07. The number of amides is 1. The standard InChI is InChI=1S/C14H23N3O/c1-9(14(2,3)4)17-12-8-10(15)6-7-11(12)13(18)16-5/h6-9,17H,15H2,1-5H3,(H,16,18). The van der Waals surface area contributed by atoms with Crippen molar-refractivity contribution in [1.29, 1.82) is 0 Å². The third-order valence-electron chi connectivity index (χ3n) is 3.19. The summed E-state index contributed by atoms with van der Waals surface area (Å²) in [6.45, 7) is 8.54. The van der Waals surface area contributed by atoms with Gasteiger partial charge in [0.25, 0.3) is 5.91 Å². The second kappa shape index (κ2) is 5.29. The van der Waals surface area contributed by atoms with E-state index in [4.69, 9.17) is 5.73 Å². The van der Waals surface area contributed by atoms with Crippen LogP contribution in [0.15, 0.2) is 18.2 Å². The van der Waals surface area contributed by atoms with Gasteiger partial charge in [0, 0.05) is 24.5 Å². The highest BCUT2D eigenvalue weighted by Gasteiger charge is 2.21. The monoisotopic (exact) mass is 249 g/mol. The van der Waals surface area contributed by atoms with Gasteiger partial charge >= 0.3 is 0 Å². The van der Waals surface area contributed by atoms with Crippen molar-refractivity contribution in [2.75, 3.05) is 18.1 Å². The molecule has 0 aliphatic carbocycles. The minimum absolute atomic E-state index is 0.102. The predicted octanol–water partition coefficient (Wildman–Crippen LogP) is 2.47. The fourth-order valence-corrected chi connectivity index (χ4v) is 1.46. The summed E-state index contributed by atoms with van der Waals surface area (Å²) in [5.41, 5.74) is 7.92. The number of hydrogen-bond acceptors (Lipinski definition) is 3. The zero-order valence-corrected chi connectivity index (χ0v) is 11.8. The Morgan fingerprint density at radius 1 is 1.33 bits per heavy atom. The molecule has 1 atom stereocenters. The maximum atomic E-state index is 11.8. The number of benzene rings is 1. The van der Waals surface area contributed by atoms with Gasteiger partial charge in [-0.15, -0.1) is 0 Å². The largest absolute Gasteiger partial charge is 0.399 e. The fraction of sp³-hybridized carbons (Fsp3) is 0.500. The van der Waals surface area contributed by atoms with Gasteiger partial charge in [0.1, 0.15) is 0 Å². The minimum atomic E-state index is -0.112. The summed E-state index contributed by atoms with van der Waals surface area (Å²) >= 11 is 0. The zero-order chi connectivity index (χ0) is 13.9. The summed E-state index contributed by atoms with van der Waals surface area (Å²) in [6, 6.07) is 5.50. The second-order valence-corrected chi connectivity index (χ2v) is 5.62. The van der Waals surface area contributed by atoms with Crippen LogP contribution in [0.4, 0.5) is 11.4 Å². The summed E-state index contributed by atoms with van der Waals surface area (Å²) in [5, 5.41) is 6.00. The van der Waals surface area contributed by atoms with Crippen LogP contribution < -0.4 is 16.4 Å². The number of carbonyl (C=O) groups is 1. The molecule has 0 fully saturated rings. The summed E-state index contributed by atoms with van der Waals surface area (Å²) in [7, 11) is 1.62. The first-order valence-corrected chi connectivity index (χ1v) is 6.14.